The molecule has 2 aromatic rings. The topological polar surface area (TPSA) is 77.5 Å². The molecule has 2 bridgehead atoms. The molecule has 5 rings (SSSR count). The number of thiazole rings is 1. The summed E-state index contributed by atoms with van der Waals surface area (Å²) >= 11 is 7.04. The minimum absolute atomic E-state index is 0.00286. The Morgan fingerprint density at radius 2 is 2.10 bits per heavy atom. The van der Waals surface area contributed by atoms with Crippen LogP contribution in [0.3, 0.4) is 0 Å². The summed E-state index contributed by atoms with van der Waals surface area (Å²) in [4.78, 5) is 29.0. The van der Waals surface area contributed by atoms with Gasteiger partial charge in [-0.05, 0) is 36.8 Å². The maximum absolute atomic E-state index is 13.4. The van der Waals surface area contributed by atoms with Crippen LogP contribution < -0.4 is 10.1 Å². The molecular formula is C20H20ClFN2O4S. The first-order valence-corrected chi connectivity index (χ1v) is 10.4. The summed E-state index contributed by atoms with van der Waals surface area (Å²) in [6.07, 6.45) is 2.79. The van der Waals surface area contributed by atoms with Crippen LogP contribution in [0.2, 0.25) is 5.02 Å². The van der Waals surface area contributed by atoms with E-state index in [1.807, 2.05) is 0 Å². The summed E-state index contributed by atoms with van der Waals surface area (Å²) in [5, 5.41) is 5.56. The number of ether oxygens (including phenoxy) is 2. The average Bonchev–Trinajstić information content (AvgIpc) is 3.09. The predicted molar refractivity (Wildman–Crippen MR) is 106 cm³/mol. The zero-order valence-corrected chi connectivity index (χ0v) is 17.4. The summed E-state index contributed by atoms with van der Waals surface area (Å²) in [5.41, 5.74) is 0.221. The monoisotopic (exact) mass is 438 g/mol. The number of hydrogen-bond donors (Lipinski definition) is 1. The highest BCUT2D eigenvalue weighted by Gasteiger charge is 2.68. The molecule has 9 heteroatoms. The molecule has 1 aromatic heterocycles. The molecule has 0 atom stereocenters. The molecule has 0 radical (unpaired) electrons. The molecule has 0 saturated heterocycles. The molecule has 6 nitrogen and oxygen atoms in total. The first-order valence-electron chi connectivity index (χ1n) is 9.18. The Morgan fingerprint density at radius 1 is 1.34 bits per heavy atom. The van der Waals surface area contributed by atoms with Crippen LogP contribution in [0.1, 0.15) is 41.2 Å². The lowest BCUT2D eigenvalue weighted by molar-refractivity contribution is -0.164. The maximum atomic E-state index is 13.4. The number of aromatic nitrogens is 1. The van der Waals surface area contributed by atoms with Gasteiger partial charge in [-0.3, -0.25) is 9.59 Å². The summed E-state index contributed by atoms with van der Waals surface area (Å²) < 4.78 is 23.8. The molecule has 0 aliphatic heterocycles. The van der Waals surface area contributed by atoms with E-state index in [0.29, 0.717) is 18.7 Å². The van der Waals surface area contributed by atoms with Crippen LogP contribution in [0.4, 0.5) is 4.39 Å². The Balaban J connectivity index is 1.22. The van der Waals surface area contributed by atoms with Crippen LogP contribution in [-0.2, 0) is 16.1 Å². The van der Waals surface area contributed by atoms with Crippen molar-refractivity contribution in [2.24, 2.45) is 5.41 Å². The van der Waals surface area contributed by atoms with Gasteiger partial charge in [-0.15, -0.1) is 11.3 Å². The first kappa shape index (κ1) is 20.3. The van der Waals surface area contributed by atoms with E-state index in [9.17, 15) is 14.0 Å². The van der Waals surface area contributed by atoms with Gasteiger partial charge in [0.15, 0.2) is 12.4 Å². The number of ketones is 1. The van der Waals surface area contributed by atoms with Gasteiger partial charge in [0.2, 0.25) is 0 Å². The van der Waals surface area contributed by atoms with E-state index in [1.165, 1.54) is 23.5 Å². The molecule has 0 unspecified atom stereocenters. The van der Waals surface area contributed by atoms with Gasteiger partial charge in [0.1, 0.15) is 22.3 Å². The molecule has 1 heterocycles. The number of hydrogen-bond acceptors (Lipinski definition) is 6. The lowest BCUT2D eigenvalue weighted by atomic mass is 9.38. The number of Topliss-reactive ketones (excluding diaryl/α,β-unsaturated/α-hetero) is 1. The smallest absolute Gasteiger partial charge is 0.258 e. The van der Waals surface area contributed by atoms with Crippen LogP contribution in [-0.4, -0.2) is 35.9 Å². The molecule has 0 spiro atoms. The van der Waals surface area contributed by atoms with Gasteiger partial charge in [-0.25, -0.2) is 9.37 Å². The molecule has 1 aromatic carbocycles. The second-order valence-corrected chi connectivity index (χ2v) is 9.23. The molecule has 3 saturated carbocycles. The fourth-order valence-electron chi connectivity index (χ4n) is 4.43. The highest BCUT2D eigenvalue weighted by atomic mass is 35.5. The SMILES string of the molecule is COCc1nc(C(=O)CC23CC(NC(=O)COc4ccc(Cl)c(F)c4)(C2)C3)cs1. The summed E-state index contributed by atoms with van der Waals surface area (Å²) in [6.45, 7) is 0.207. The second-order valence-electron chi connectivity index (χ2n) is 7.88. The quantitative estimate of drug-likeness (QED) is 0.603. The van der Waals surface area contributed by atoms with Crippen molar-refractivity contribution in [3.8, 4) is 5.75 Å². The van der Waals surface area contributed by atoms with Crippen molar-refractivity contribution in [1.29, 1.82) is 0 Å². The predicted octanol–water partition coefficient (Wildman–Crippen LogP) is 3.77. The number of benzene rings is 1. The molecule has 3 fully saturated rings. The lowest BCUT2D eigenvalue weighted by Gasteiger charge is -2.70. The van der Waals surface area contributed by atoms with Crippen LogP contribution in [0.25, 0.3) is 0 Å². The van der Waals surface area contributed by atoms with Crippen molar-refractivity contribution in [3.05, 3.63) is 45.1 Å². The Hall–Kier alpha value is -2.03. The van der Waals surface area contributed by atoms with Crippen molar-refractivity contribution in [1.82, 2.24) is 10.3 Å². The maximum Gasteiger partial charge on any atom is 0.258 e. The fraction of sp³-hybridized carbons (Fsp3) is 0.450. The molecule has 29 heavy (non-hydrogen) atoms. The number of rotatable bonds is 9. The molecule has 1 amide bonds. The van der Waals surface area contributed by atoms with Crippen LogP contribution >= 0.6 is 22.9 Å². The fourth-order valence-corrected chi connectivity index (χ4v) is 5.31. The largest absolute Gasteiger partial charge is 0.484 e. The van der Waals surface area contributed by atoms with E-state index in [4.69, 9.17) is 21.1 Å². The zero-order chi connectivity index (χ0) is 20.6. The average molecular weight is 439 g/mol. The van der Waals surface area contributed by atoms with Crippen LogP contribution in [0.5, 0.6) is 5.75 Å². The Labute approximate surface area is 176 Å². The number of methoxy groups -OCH3 is 1. The first-order chi connectivity index (χ1) is 13.8. The molecule has 154 valence electrons. The van der Waals surface area contributed by atoms with E-state index >= 15 is 0 Å². The lowest BCUT2D eigenvalue weighted by Crippen LogP contribution is -2.75. The van der Waals surface area contributed by atoms with E-state index in [1.54, 1.807) is 12.5 Å². The number of nitrogens with one attached hydrogen (secondary N) is 1. The summed E-state index contributed by atoms with van der Waals surface area (Å²) in [5.74, 6) is -0.567. The Morgan fingerprint density at radius 3 is 2.79 bits per heavy atom. The number of carbonyl (C=O) groups excluding carboxylic acids is 2. The highest BCUT2D eigenvalue weighted by molar-refractivity contribution is 7.09. The van der Waals surface area contributed by atoms with Crippen molar-refractivity contribution in [2.75, 3.05) is 13.7 Å². The molecule has 1 N–H and O–H groups in total. The number of nitrogens with zero attached hydrogens (tertiary/aromatic N) is 1. The van der Waals surface area contributed by atoms with Crippen molar-refractivity contribution in [3.63, 3.8) is 0 Å². The van der Waals surface area contributed by atoms with Gasteiger partial charge in [0.05, 0.1) is 11.6 Å². The third-order valence-corrected chi connectivity index (χ3v) is 6.58. The van der Waals surface area contributed by atoms with Gasteiger partial charge in [0.25, 0.3) is 5.91 Å². The van der Waals surface area contributed by atoms with Crippen LogP contribution in [0, 0.1) is 11.2 Å². The van der Waals surface area contributed by atoms with Crippen molar-refractivity contribution in [2.45, 2.75) is 37.8 Å². The van der Waals surface area contributed by atoms with Crippen LogP contribution in [0.15, 0.2) is 23.6 Å². The van der Waals surface area contributed by atoms with E-state index in [-0.39, 0.29) is 40.0 Å². The number of carbonyl (C=O) groups is 2. The third-order valence-electron chi connectivity index (χ3n) is 5.45. The minimum atomic E-state index is -0.593. The second kappa shape index (κ2) is 7.66. The van der Waals surface area contributed by atoms with Crippen molar-refractivity contribution < 1.29 is 23.5 Å². The summed E-state index contributed by atoms with van der Waals surface area (Å²) in [7, 11) is 1.59. The minimum Gasteiger partial charge on any atom is -0.484 e. The Kier molecular flexibility index (Phi) is 5.35. The molecular weight excluding hydrogens is 419 g/mol. The van der Waals surface area contributed by atoms with E-state index in [2.05, 4.69) is 10.3 Å². The van der Waals surface area contributed by atoms with Gasteiger partial charge in [-0.1, -0.05) is 11.6 Å². The standard InChI is InChI=1S/C20H20ClFN2O4S/c1-27-7-18-23-15(8-29-18)16(25)5-19-9-20(10-19,11-19)24-17(26)6-28-12-2-3-13(21)14(22)4-12/h2-4,8H,5-7,9-11H2,1H3,(H,24,26). The van der Waals surface area contributed by atoms with Gasteiger partial charge < -0.3 is 14.8 Å². The molecule has 3 aliphatic carbocycles. The van der Waals surface area contributed by atoms with E-state index < -0.39 is 5.82 Å². The van der Waals surface area contributed by atoms with Crippen molar-refractivity contribution >= 4 is 34.6 Å². The third kappa shape index (κ3) is 4.15. The van der Waals surface area contributed by atoms with Gasteiger partial charge >= 0.3 is 0 Å². The Bertz CT molecular complexity index is 944. The van der Waals surface area contributed by atoms with Gasteiger partial charge in [-0.2, -0.15) is 0 Å². The number of halogens is 2. The van der Waals surface area contributed by atoms with E-state index in [0.717, 1.165) is 30.3 Å². The van der Waals surface area contributed by atoms with Gasteiger partial charge in [0, 0.05) is 30.5 Å². The number of amides is 1. The summed E-state index contributed by atoms with van der Waals surface area (Å²) in [6, 6.07) is 4.04. The normalized spacial score (nSPS) is 24.4. The zero-order valence-electron chi connectivity index (χ0n) is 15.8. The highest BCUT2D eigenvalue weighted by Crippen LogP contribution is 2.69. The molecule has 3 aliphatic rings.